The zero-order valence-electron chi connectivity index (χ0n) is 6.23. The highest BCUT2D eigenvalue weighted by Gasteiger charge is 2.12. The van der Waals surface area contributed by atoms with Crippen molar-refractivity contribution in [3.05, 3.63) is 0 Å². The molecule has 4 heteroatoms. The van der Waals surface area contributed by atoms with E-state index in [1.165, 1.54) is 14.0 Å². The van der Waals surface area contributed by atoms with Gasteiger partial charge in [0.15, 0.2) is 0 Å². The molecule has 0 fully saturated rings. The number of methoxy groups -OCH3 is 1. The van der Waals surface area contributed by atoms with Gasteiger partial charge in [-0.2, -0.15) is 0 Å². The number of rotatable bonds is 5. The molecule has 0 aromatic heterocycles. The van der Waals surface area contributed by atoms with E-state index in [0.29, 0.717) is 13.2 Å². The molecule has 1 unspecified atom stereocenters. The van der Waals surface area contributed by atoms with Gasteiger partial charge in [0.05, 0.1) is 12.6 Å². The largest absolute Gasteiger partial charge is 0.383 e. The van der Waals surface area contributed by atoms with Crippen molar-refractivity contribution in [2.75, 3.05) is 20.3 Å². The van der Waals surface area contributed by atoms with Gasteiger partial charge in [-0.1, -0.05) is 0 Å². The van der Waals surface area contributed by atoms with E-state index in [2.05, 4.69) is 10.1 Å². The van der Waals surface area contributed by atoms with Crippen molar-refractivity contribution in [3.63, 3.8) is 0 Å². The standard InChI is InChI=1S/C6H13F2NO/c1-5(6(7)8)9-3-4-10-2/h5-6,9H,3-4H2,1-2H3. The van der Waals surface area contributed by atoms with Gasteiger partial charge in [-0.25, -0.2) is 8.78 Å². The molecule has 0 radical (unpaired) electrons. The average Bonchev–Trinajstić information content (AvgIpc) is 1.88. The summed E-state index contributed by atoms with van der Waals surface area (Å²) in [6, 6.07) is -0.741. The fraction of sp³-hybridized carbons (Fsp3) is 1.00. The highest BCUT2D eigenvalue weighted by atomic mass is 19.3. The van der Waals surface area contributed by atoms with Gasteiger partial charge in [-0.05, 0) is 6.92 Å². The third-order valence-corrected chi connectivity index (χ3v) is 1.15. The van der Waals surface area contributed by atoms with Gasteiger partial charge in [0.2, 0.25) is 0 Å². The maximum atomic E-state index is 11.8. The van der Waals surface area contributed by atoms with Crippen molar-refractivity contribution >= 4 is 0 Å². The lowest BCUT2D eigenvalue weighted by atomic mass is 10.3. The quantitative estimate of drug-likeness (QED) is 0.592. The number of halogens is 2. The Kier molecular flexibility index (Phi) is 5.43. The molecule has 0 amide bonds. The highest BCUT2D eigenvalue weighted by molar-refractivity contribution is 4.61. The molecule has 2 nitrogen and oxygen atoms in total. The molecule has 0 aliphatic rings. The van der Waals surface area contributed by atoms with Gasteiger partial charge in [-0.3, -0.25) is 0 Å². The predicted octanol–water partition coefficient (Wildman–Crippen LogP) is 0.876. The third kappa shape index (κ3) is 4.64. The van der Waals surface area contributed by atoms with E-state index in [9.17, 15) is 8.78 Å². The number of ether oxygens (including phenoxy) is 1. The number of hydrogen-bond acceptors (Lipinski definition) is 2. The van der Waals surface area contributed by atoms with Crippen LogP contribution in [0.2, 0.25) is 0 Å². The minimum Gasteiger partial charge on any atom is -0.383 e. The van der Waals surface area contributed by atoms with E-state index in [4.69, 9.17) is 0 Å². The summed E-state index contributed by atoms with van der Waals surface area (Å²) in [6.45, 7) is 2.39. The molecule has 0 aromatic rings. The average molecular weight is 153 g/mol. The summed E-state index contributed by atoms with van der Waals surface area (Å²) in [5.41, 5.74) is 0. The minimum absolute atomic E-state index is 0.469. The monoisotopic (exact) mass is 153 g/mol. The first kappa shape index (κ1) is 9.78. The van der Waals surface area contributed by atoms with Gasteiger partial charge >= 0.3 is 0 Å². The van der Waals surface area contributed by atoms with Crippen LogP contribution in [-0.2, 0) is 4.74 Å². The highest BCUT2D eigenvalue weighted by Crippen LogP contribution is 1.97. The van der Waals surface area contributed by atoms with Gasteiger partial charge < -0.3 is 10.1 Å². The van der Waals surface area contributed by atoms with Crippen LogP contribution >= 0.6 is 0 Å². The van der Waals surface area contributed by atoms with Crippen LogP contribution < -0.4 is 5.32 Å². The zero-order chi connectivity index (χ0) is 7.98. The normalized spacial score (nSPS) is 14.1. The first-order chi connectivity index (χ1) is 4.68. The van der Waals surface area contributed by atoms with E-state index >= 15 is 0 Å². The van der Waals surface area contributed by atoms with Crippen LogP contribution in [0.3, 0.4) is 0 Å². The molecule has 0 aromatic carbocycles. The smallest absolute Gasteiger partial charge is 0.253 e. The summed E-state index contributed by atoms with van der Waals surface area (Å²) < 4.78 is 28.2. The summed E-state index contributed by atoms with van der Waals surface area (Å²) in [7, 11) is 1.54. The minimum atomic E-state index is -2.29. The van der Waals surface area contributed by atoms with E-state index < -0.39 is 12.5 Å². The van der Waals surface area contributed by atoms with Crippen molar-refractivity contribution in [2.45, 2.75) is 19.4 Å². The van der Waals surface area contributed by atoms with Crippen molar-refractivity contribution in [1.29, 1.82) is 0 Å². The van der Waals surface area contributed by atoms with Crippen molar-refractivity contribution < 1.29 is 13.5 Å². The molecule has 0 aliphatic carbocycles. The molecule has 1 atom stereocenters. The Morgan fingerprint density at radius 1 is 1.50 bits per heavy atom. The van der Waals surface area contributed by atoms with E-state index in [1.54, 1.807) is 0 Å². The molecular formula is C6H13F2NO. The van der Waals surface area contributed by atoms with Crippen LogP contribution in [0.4, 0.5) is 8.78 Å². The van der Waals surface area contributed by atoms with Crippen molar-refractivity contribution in [3.8, 4) is 0 Å². The van der Waals surface area contributed by atoms with Gasteiger partial charge in [0.25, 0.3) is 6.43 Å². The second-order valence-corrected chi connectivity index (χ2v) is 2.07. The fourth-order valence-electron chi connectivity index (χ4n) is 0.478. The Bertz CT molecular complexity index is 80.1. The molecule has 0 spiro atoms. The van der Waals surface area contributed by atoms with Crippen LogP contribution in [0.5, 0.6) is 0 Å². The second kappa shape index (κ2) is 5.56. The molecular weight excluding hydrogens is 140 g/mol. The molecule has 0 saturated heterocycles. The Morgan fingerprint density at radius 3 is 2.50 bits per heavy atom. The maximum Gasteiger partial charge on any atom is 0.253 e. The molecule has 0 bridgehead atoms. The molecule has 0 rings (SSSR count). The third-order valence-electron chi connectivity index (χ3n) is 1.15. The van der Waals surface area contributed by atoms with Crippen LogP contribution in [0.25, 0.3) is 0 Å². The topological polar surface area (TPSA) is 21.3 Å². The van der Waals surface area contributed by atoms with E-state index in [1.807, 2.05) is 0 Å². The Labute approximate surface area is 59.6 Å². The Hall–Kier alpha value is -0.220. The summed E-state index contributed by atoms with van der Waals surface area (Å²) in [4.78, 5) is 0. The molecule has 10 heavy (non-hydrogen) atoms. The SMILES string of the molecule is COCCNC(C)C(F)F. The van der Waals surface area contributed by atoms with E-state index in [-0.39, 0.29) is 0 Å². The second-order valence-electron chi connectivity index (χ2n) is 2.07. The van der Waals surface area contributed by atoms with Gasteiger partial charge in [-0.15, -0.1) is 0 Å². The lowest BCUT2D eigenvalue weighted by Gasteiger charge is -2.11. The summed E-state index contributed by atoms with van der Waals surface area (Å²) in [5.74, 6) is 0. The molecule has 0 saturated carbocycles. The number of nitrogens with one attached hydrogen (secondary N) is 1. The van der Waals surface area contributed by atoms with Crippen molar-refractivity contribution in [2.24, 2.45) is 0 Å². The number of hydrogen-bond donors (Lipinski definition) is 1. The fourth-order valence-corrected chi connectivity index (χ4v) is 0.478. The first-order valence-corrected chi connectivity index (χ1v) is 3.19. The Morgan fingerprint density at radius 2 is 2.10 bits per heavy atom. The maximum absolute atomic E-state index is 11.8. The molecule has 1 N–H and O–H groups in total. The lowest BCUT2D eigenvalue weighted by molar-refractivity contribution is 0.0999. The van der Waals surface area contributed by atoms with Crippen LogP contribution in [0.15, 0.2) is 0 Å². The van der Waals surface area contributed by atoms with Crippen LogP contribution in [-0.4, -0.2) is 32.7 Å². The zero-order valence-corrected chi connectivity index (χ0v) is 6.23. The Balaban J connectivity index is 3.13. The first-order valence-electron chi connectivity index (χ1n) is 3.19. The van der Waals surface area contributed by atoms with Gasteiger partial charge in [0, 0.05) is 13.7 Å². The molecule has 0 heterocycles. The van der Waals surface area contributed by atoms with Crippen LogP contribution in [0, 0.1) is 0 Å². The van der Waals surface area contributed by atoms with E-state index in [0.717, 1.165) is 0 Å². The van der Waals surface area contributed by atoms with Crippen molar-refractivity contribution in [1.82, 2.24) is 5.32 Å². The molecule has 62 valence electrons. The molecule has 0 aliphatic heterocycles. The summed E-state index contributed by atoms with van der Waals surface area (Å²) >= 11 is 0. The van der Waals surface area contributed by atoms with Crippen LogP contribution in [0.1, 0.15) is 6.92 Å². The number of alkyl halides is 2. The van der Waals surface area contributed by atoms with Gasteiger partial charge in [0.1, 0.15) is 0 Å². The summed E-state index contributed by atoms with van der Waals surface area (Å²) in [6.07, 6.45) is -2.29. The predicted molar refractivity (Wildman–Crippen MR) is 35.3 cm³/mol. The lowest BCUT2D eigenvalue weighted by Crippen LogP contribution is -2.34. The summed E-state index contributed by atoms with van der Waals surface area (Å²) in [5, 5.41) is 2.61.